The van der Waals surface area contributed by atoms with Crippen LogP contribution in [0.1, 0.15) is 19.8 Å². The monoisotopic (exact) mass is 306 g/mol. The van der Waals surface area contributed by atoms with Crippen molar-refractivity contribution in [1.82, 2.24) is 0 Å². The molecule has 1 aromatic rings. The summed E-state index contributed by atoms with van der Waals surface area (Å²) in [7, 11) is 0. The number of benzene rings is 1. The van der Waals surface area contributed by atoms with Gasteiger partial charge in [0.1, 0.15) is 0 Å². The molecule has 4 N–H and O–H groups in total. The van der Waals surface area contributed by atoms with Gasteiger partial charge >= 0.3 is 0 Å². The number of hydrogen-bond donors (Lipinski definition) is 2. The van der Waals surface area contributed by atoms with E-state index in [1.54, 1.807) is 30.8 Å². The zero-order chi connectivity index (χ0) is 13.8. The highest BCUT2D eigenvalue weighted by Crippen LogP contribution is 2.30. The van der Waals surface area contributed by atoms with Crippen molar-refractivity contribution in [2.75, 3.05) is 5.75 Å². The Morgan fingerprint density at radius 2 is 2.11 bits per heavy atom. The van der Waals surface area contributed by atoms with Gasteiger partial charge in [-0.2, -0.15) is 0 Å². The van der Waals surface area contributed by atoms with Crippen LogP contribution in [0.25, 0.3) is 0 Å². The Balaban J connectivity index is 2.43. The summed E-state index contributed by atoms with van der Waals surface area (Å²) in [5.74, 6) is 0.327. The lowest BCUT2D eigenvalue weighted by molar-refractivity contribution is -0.122. The third-order valence-electron chi connectivity index (χ3n) is 2.55. The van der Waals surface area contributed by atoms with Crippen molar-refractivity contribution in [1.29, 1.82) is 0 Å². The average Bonchev–Trinajstić information content (AvgIpc) is 2.28. The van der Waals surface area contributed by atoms with E-state index >= 15 is 0 Å². The van der Waals surface area contributed by atoms with Crippen molar-refractivity contribution in [2.24, 2.45) is 11.5 Å². The van der Waals surface area contributed by atoms with Gasteiger partial charge in [0.05, 0.1) is 10.6 Å². The highest BCUT2D eigenvalue weighted by molar-refractivity contribution is 7.99. The fraction of sp³-hybridized carbons (Fsp3) is 0.417. The molecule has 6 heteroatoms. The molecule has 0 aliphatic rings. The van der Waals surface area contributed by atoms with Crippen molar-refractivity contribution in [2.45, 2.75) is 30.2 Å². The molecule has 1 unspecified atom stereocenters. The van der Waals surface area contributed by atoms with Crippen LogP contribution in [0, 0.1) is 0 Å². The maximum Gasteiger partial charge on any atom is 0.237 e. The number of hydrogen-bond acceptors (Lipinski definition) is 3. The zero-order valence-corrected chi connectivity index (χ0v) is 12.4. The fourth-order valence-electron chi connectivity index (χ4n) is 1.33. The molecule has 0 aliphatic carbocycles. The van der Waals surface area contributed by atoms with Crippen molar-refractivity contribution < 1.29 is 4.79 Å². The minimum atomic E-state index is -0.946. The minimum Gasteiger partial charge on any atom is -0.368 e. The smallest absolute Gasteiger partial charge is 0.237 e. The first kappa shape index (κ1) is 15.6. The zero-order valence-electron chi connectivity index (χ0n) is 10.1. The molecular formula is C12H16Cl2N2OS. The number of halogens is 2. The average molecular weight is 307 g/mol. The lowest BCUT2D eigenvalue weighted by Gasteiger charge is -2.19. The van der Waals surface area contributed by atoms with E-state index in [0.29, 0.717) is 16.5 Å². The predicted molar refractivity (Wildman–Crippen MR) is 78.2 cm³/mol. The van der Waals surface area contributed by atoms with Crippen LogP contribution < -0.4 is 11.5 Å². The Labute approximate surface area is 121 Å². The molecule has 1 atom stereocenters. The second kappa shape index (κ2) is 6.66. The molecule has 18 heavy (non-hydrogen) atoms. The molecule has 0 aliphatic heterocycles. The van der Waals surface area contributed by atoms with Gasteiger partial charge in [-0.05, 0) is 43.7 Å². The van der Waals surface area contributed by atoms with E-state index in [9.17, 15) is 4.79 Å². The van der Waals surface area contributed by atoms with Gasteiger partial charge in [-0.1, -0.05) is 23.2 Å². The van der Waals surface area contributed by atoms with E-state index in [2.05, 4.69) is 0 Å². The summed E-state index contributed by atoms with van der Waals surface area (Å²) in [5, 5.41) is 1.33. The van der Waals surface area contributed by atoms with Crippen LogP contribution in [0.4, 0.5) is 0 Å². The van der Waals surface area contributed by atoms with E-state index in [-0.39, 0.29) is 0 Å². The first-order valence-corrected chi connectivity index (χ1v) is 7.24. The summed E-state index contributed by atoms with van der Waals surface area (Å²) in [6.07, 6.45) is 1.33. The van der Waals surface area contributed by atoms with E-state index in [1.165, 1.54) is 0 Å². The molecule has 100 valence electrons. The molecule has 0 fully saturated rings. The van der Waals surface area contributed by atoms with Crippen LogP contribution in [0.15, 0.2) is 23.1 Å². The number of thioether (sulfide) groups is 1. The molecule has 0 radical (unpaired) electrons. The van der Waals surface area contributed by atoms with Crippen molar-refractivity contribution in [3.05, 3.63) is 28.2 Å². The lowest BCUT2D eigenvalue weighted by Crippen LogP contribution is -2.49. The summed E-state index contributed by atoms with van der Waals surface area (Å²) < 4.78 is 0. The SMILES string of the molecule is CC(N)(CCCSc1cc(Cl)ccc1Cl)C(N)=O. The third kappa shape index (κ3) is 4.69. The molecule has 0 saturated carbocycles. The van der Waals surface area contributed by atoms with Crippen LogP contribution >= 0.6 is 35.0 Å². The number of amides is 1. The van der Waals surface area contributed by atoms with Crippen LogP contribution in [0.5, 0.6) is 0 Å². The largest absolute Gasteiger partial charge is 0.368 e. The summed E-state index contributed by atoms with van der Waals surface area (Å²) in [6.45, 7) is 1.65. The number of carbonyl (C=O) groups excluding carboxylic acids is 1. The molecule has 0 bridgehead atoms. The van der Waals surface area contributed by atoms with E-state index in [0.717, 1.165) is 17.1 Å². The van der Waals surface area contributed by atoms with E-state index in [4.69, 9.17) is 34.7 Å². The summed E-state index contributed by atoms with van der Waals surface area (Å²) >= 11 is 13.5. The molecule has 0 saturated heterocycles. The molecule has 1 rings (SSSR count). The highest BCUT2D eigenvalue weighted by atomic mass is 35.5. The molecule has 0 aromatic heterocycles. The standard InChI is InChI=1S/C12H16Cl2N2OS/c1-12(16,11(15)17)5-2-6-18-10-7-8(13)3-4-9(10)14/h3-4,7H,2,5-6,16H2,1H3,(H2,15,17). The van der Waals surface area contributed by atoms with Crippen molar-refractivity contribution in [3.63, 3.8) is 0 Å². The Kier molecular flexibility index (Phi) is 5.79. The third-order valence-corrected chi connectivity index (χ3v) is 4.37. The van der Waals surface area contributed by atoms with E-state index in [1.807, 2.05) is 6.07 Å². The molecule has 3 nitrogen and oxygen atoms in total. The van der Waals surface area contributed by atoms with Gasteiger partial charge < -0.3 is 11.5 Å². The maximum atomic E-state index is 11.0. The quantitative estimate of drug-likeness (QED) is 0.627. The van der Waals surface area contributed by atoms with Crippen LogP contribution in [0.2, 0.25) is 10.0 Å². The Morgan fingerprint density at radius 1 is 1.44 bits per heavy atom. The summed E-state index contributed by atoms with van der Waals surface area (Å²) in [4.78, 5) is 12.0. The predicted octanol–water partition coefficient (Wildman–Crippen LogP) is 3.07. The second-order valence-electron chi connectivity index (χ2n) is 4.31. The molecule has 1 aromatic carbocycles. The maximum absolute atomic E-state index is 11.0. The molecule has 0 spiro atoms. The highest BCUT2D eigenvalue weighted by Gasteiger charge is 2.24. The fourth-order valence-corrected chi connectivity index (χ4v) is 2.78. The van der Waals surface area contributed by atoms with Crippen LogP contribution in [-0.4, -0.2) is 17.2 Å². The Bertz CT molecular complexity index is 438. The summed E-state index contributed by atoms with van der Waals surface area (Å²) in [6, 6.07) is 5.34. The van der Waals surface area contributed by atoms with Gasteiger partial charge in [0.2, 0.25) is 5.91 Å². The Morgan fingerprint density at radius 3 is 2.72 bits per heavy atom. The van der Waals surface area contributed by atoms with Gasteiger partial charge in [0, 0.05) is 9.92 Å². The van der Waals surface area contributed by atoms with Crippen molar-refractivity contribution >= 4 is 40.9 Å². The van der Waals surface area contributed by atoms with Crippen LogP contribution in [-0.2, 0) is 4.79 Å². The summed E-state index contributed by atoms with van der Waals surface area (Å²) in [5.41, 5.74) is 10.0. The van der Waals surface area contributed by atoms with Gasteiger partial charge in [-0.3, -0.25) is 4.79 Å². The topological polar surface area (TPSA) is 69.1 Å². The molecular weight excluding hydrogens is 291 g/mol. The van der Waals surface area contributed by atoms with Gasteiger partial charge in [-0.15, -0.1) is 11.8 Å². The second-order valence-corrected chi connectivity index (χ2v) is 6.29. The minimum absolute atomic E-state index is 0.478. The van der Waals surface area contributed by atoms with Gasteiger partial charge in [0.25, 0.3) is 0 Å². The molecule has 1 amide bonds. The van der Waals surface area contributed by atoms with Gasteiger partial charge in [0.15, 0.2) is 0 Å². The van der Waals surface area contributed by atoms with Crippen molar-refractivity contribution in [3.8, 4) is 0 Å². The van der Waals surface area contributed by atoms with E-state index < -0.39 is 11.4 Å². The number of carbonyl (C=O) groups is 1. The molecule has 0 heterocycles. The number of primary amides is 1. The van der Waals surface area contributed by atoms with Gasteiger partial charge in [-0.25, -0.2) is 0 Å². The first-order valence-electron chi connectivity index (χ1n) is 5.49. The number of rotatable bonds is 6. The number of nitrogens with two attached hydrogens (primary N) is 2. The normalized spacial score (nSPS) is 14.2. The first-order chi connectivity index (χ1) is 8.33. The lowest BCUT2D eigenvalue weighted by atomic mass is 9.97. The van der Waals surface area contributed by atoms with Crippen LogP contribution in [0.3, 0.4) is 0 Å². The Hall–Kier alpha value is -0.420.